The van der Waals surface area contributed by atoms with Crippen LogP contribution >= 0.6 is 0 Å². The van der Waals surface area contributed by atoms with Crippen molar-refractivity contribution in [1.82, 2.24) is 10.6 Å². The van der Waals surface area contributed by atoms with E-state index in [0.29, 0.717) is 0 Å². The summed E-state index contributed by atoms with van der Waals surface area (Å²) in [5.74, 6) is 0.282. The summed E-state index contributed by atoms with van der Waals surface area (Å²) in [6.45, 7) is 7.53. The Hall–Kier alpha value is -1.42. The first kappa shape index (κ1) is 15.0. The summed E-state index contributed by atoms with van der Waals surface area (Å²) in [7, 11) is 1.67. The van der Waals surface area contributed by atoms with Crippen LogP contribution in [-0.2, 0) is 4.79 Å². The highest BCUT2D eigenvalue weighted by Gasteiger charge is 2.44. The number of amides is 1. The zero-order valence-corrected chi connectivity index (χ0v) is 12.6. The van der Waals surface area contributed by atoms with Crippen LogP contribution in [-0.4, -0.2) is 26.0 Å². The van der Waals surface area contributed by atoms with Crippen molar-refractivity contribution in [2.75, 3.05) is 20.1 Å². The van der Waals surface area contributed by atoms with Gasteiger partial charge in [0.15, 0.2) is 0 Å². The molecule has 2 rings (SSSR count). The Bertz CT molecular complexity index is 513. The van der Waals surface area contributed by atoms with E-state index >= 15 is 0 Å². The standard InChI is InChI=1S/C16H23FN2O/c1-10-7-11(17)5-6-12(10)13-8-19-9-14(13)16(2,3)15(20)18-4/h5-7,13-14,19H,8-9H2,1-4H3,(H,18,20)/t13-,14-/m0/s1. The van der Waals surface area contributed by atoms with Gasteiger partial charge in [0.25, 0.3) is 0 Å². The fourth-order valence-corrected chi connectivity index (χ4v) is 3.31. The molecule has 0 unspecified atom stereocenters. The van der Waals surface area contributed by atoms with Gasteiger partial charge >= 0.3 is 0 Å². The summed E-state index contributed by atoms with van der Waals surface area (Å²) < 4.78 is 13.3. The smallest absolute Gasteiger partial charge is 0.225 e. The Balaban J connectivity index is 2.34. The van der Waals surface area contributed by atoms with Crippen LogP contribution in [0.2, 0.25) is 0 Å². The molecule has 1 amide bonds. The van der Waals surface area contributed by atoms with Crippen LogP contribution in [0.3, 0.4) is 0 Å². The van der Waals surface area contributed by atoms with Gasteiger partial charge in [0.2, 0.25) is 5.91 Å². The number of halogens is 1. The molecule has 0 aromatic heterocycles. The number of rotatable bonds is 3. The lowest BCUT2D eigenvalue weighted by Crippen LogP contribution is -2.42. The second kappa shape index (κ2) is 5.52. The van der Waals surface area contributed by atoms with Crippen molar-refractivity contribution in [3.63, 3.8) is 0 Å². The van der Waals surface area contributed by atoms with E-state index in [0.717, 1.165) is 24.2 Å². The molecule has 0 bridgehead atoms. The second-order valence-electron chi connectivity index (χ2n) is 6.17. The molecule has 0 spiro atoms. The summed E-state index contributed by atoms with van der Waals surface area (Å²) >= 11 is 0. The van der Waals surface area contributed by atoms with Gasteiger partial charge < -0.3 is 10.6 Å². The topological polar surface area (TPSA) is 41.1 Å². The van der Waals surface area contributed by atoms with Crippen molar-refractivity contribution in [2.45, 2.75) is 26.7 Å². The Morgan fingerprint density at radius 1 is 1.40 bits per heavy atom. The number of hydrogen-bond donors (Lipinski definition) is 2. The maximum atomic E-state index is 13.3. The molecular formula is C16H23FN2O. The molecule has 1 aliphatic heterocycles. The van der Waals surface area contributed by atoms with E-state index in [4.69, 9.17) is 0 Å². The van der Waals surface area contributed by atoms with Gasteiger partial charge in [-0.2, -0.15) is 0 Å². The SMILES string of the molecule is CNC(=O)C(C)(C)[C@H]1CNC[C@H]1c1ccc(F)cc1C. The molecule has 1 aromatic carbocycles. The molecule has 1 fully saturated rings. The molecule has 0 radical (unpaired) electrons. The average molecular weight is 278 g/mol. The van der Waals surface area contributed by atoms with Crippen LogP contribution < -0.4 is 10.6 Å². The van der Waals surface area contributed by atoms with E-state index in [9.17, 15) is 9.18 Å². The Morgan fingerprint density at radius 2 is 2.10 bits per heavy atom. The summed E-state index contributed by atoms with van der Waals surface area (Å²) in [5, 5.41) is 6.13. The minimum absolute atomic E-state index is 0.0518. The molecule has 4 heteroatoms. The molecular weight excluding hydrogens is 255 g/mol. The Labute approximate surface area is 120 Å². The van der Waals surface area contributed by atoms with Crippen molar-refractivity contribution < 1.29 is 9.18 Å². The van der Waals surface area contributed by atoms with Crippen LogP contribution in [0.4, 0.5) is 4.39 Å². The number of benzene rings is 1. The van der Waals surface area contributed by atoms with Crippen LogP contribution in [0.1, 0.15) is 30.9 Å². The van der Waals surface area contributed by atoms with E-state index in [2.05, 4.69) is 10.6 Å². The lowest BCUT2D eigenvalue weighted by atomic mass is 9.70. The molecule has 1 saturated heterocycles. The molecule has 2 atom stereocenters. The lowest BCUT2D eigenvalue weighted by molar-refractivity contribution is -0.131. The maximum absolute atomic E-state index is 13.3. The van der Waals surface area contributed by atoms with Crippen LogP contribution in [0.5, 0.6) is 0 Å². The van der Waals surface area contributed by atoms with E-state index in [-0.39, 0.29) is 23.6 Å². The minimum Gasteiger partial charge on any atom is -0.359 e. The summed E-state index contributed by atoms with van der Waals surface area (Å²) in [4.78, 5) is 12.1. The van der Waals surface area contributed by atoms with Crippen molar-refractivity contribution in [1.29, 1.82) is 0 Å². The Morgan fingerprint density at radius 3 is 2.70 bits per heavy atom. The van der Waals surface area contributed by atoms with Gasteiger partial charge in [-0.25, -0.2) is 4.39 Å². The predicted molar refractivity (Wildman–Crippen MR) is 78.1 cm³/mol. The van der Waals surface area contributed by atoms with Gasteiger partial charge in [-0.05, 0) is 42.6 Å². The number of carbonyl (C=O) groups excluding carboxylic acids is 1. The quantitative estimate of drug-likeness (QED) is 0.890. The van der Waals surface area contributed by atoms with Crippen LogP contribution in [0.25, 0.3) is 0 Å². The third kappa shape index (κ3) is 2.57. The molecule has 2 N–H and O–H groups in total. The minimum atomic E-state index is -0.455. The first-order valence-electron chi connectivity index (χ1n) is 7.07. The van der Waals surface area contributed by atoms with Gasteiger partial charge in [-0.15, -0.1) is 0 Å². The predicted octanol–water partition coefficient (Wildman–Crippen LogP) is 2.21. The van der Waals surface area contributed by atoms with Crippen LogP contribution in [0, 0.1) is 24.1 Å². The fraction of sp³-hybridized carbons (Fsp3) is 0.562. The number of nitrogens with one attached hydrogen (secondary N) is 2. The van der Waals surface area contributed by atoms with Gasteiger partial charge in [0, 0.05) is 24.9 Å². The third-order valence-corrected chi connectivity index (χ3v) is 4.58. The Kier molecular flexibility index (Phi) is 4.14. The van der Waals surface area contributed by atoms with Crippen LogP contribution in [0.15, 0.2) is 18.2 Å². The summed E-state index contributed by atoms with van der Waals surface area (Å²) in [6, 6.07) is 4.93. The highest BCUT2D eigenvalue weighted by Crippen LogP contribution is 2.41. The van der Waals surface area contributed by atoms with Crippen molar-refractivity contribution >= 4 is 5.91 Å². The molecule has 3 nitrogen and oxygen atoms in total. The van der Waals surface area contributed by atoms with Crippen molar-refractivity contribution in [3.8, 4) is 0 Å². The summed E-state index contributed by atoms with van der Waals surface area (Å²) in [5.41, 5.74) is 1.64. The number of aryl methyl sites for hydroxylation is 1. The van der Waals surface area contributed by atoms with Crippen molar-refractivity contribution in [3.05, 3.63) is 35.1 Å². The van der Waals surface area contributed by atoms with Crippen molar-refractivity contribution in [2.24, 2.45) is 11.3 Å². The number of hydrogen-bond acceptors (Lipinski definition) is 2. The zero-order valence-electron chi connectivity index (χ0n) is 12.6. The van der Waals surface area contributed by atoms with Gasteiger partial charge in [-0.1, -0.05) is 19.9 Å². The van der Waals surface area contributed by atoms with E-state index in [1.165, 1.54) is 6.07 Å². The third-order valence-electron chi connectivity index (χ3n) is 4.58. The monoisotopic (exact) mass is 278 g/mol. The van der Waals surface area contributed by atoms with Gasteiger partial charge in [0.05, 0.1) is 0 Å². The molecule has 1 aliphatic rings. The molecule has 20 heavy (non-hydrogen) atoms. The fourth-order valence-electron chi connectivity index (χ4n) is 3.31. The first-order chi connectivity index (χ1) is 9.37. The second-order valence-corrected chi connectivity index (χ2v) is 6.17. The zero-order chi connectivity index (χ0) is 14.9. The first-order valence-corrected chi connectivity index (χ1v) is 7.07. The molecule has 1 aromatic rings. The molecule has 1 heterocycles. The van der Waals surface area contributed by atoms with E-state index in [1.807, 2.05) is 26.8 Å². The molecule has 110 valence electrons. The normalized spacial score (nSPS) is 22.9. The summed E-state index contributed by atoms with van der Waals surface area (Å²) in [6.07, 6.45) is 0. The van der Waals surface area contributed by atoms with Gasteiger partial charge in [0.1, 0.15) is 5.82 Å². The largest absolute Gasteiger partial charge is 0.359 e. The highest BCUT2D eigenvalue weighted by molar-refractivity contribution is 5.82. The average Bonchev–Trinajstić information content (AvgIpc) is 2.87. The molecule has 0 saturated carbocycles. The van der Waals surface area contributed by atoms with Gasteiger partial charge in [-0.3, -0.25) is 4.79 Å². The number of carbonyl (C=O) groups is 1. The van der Waals surface area contributed by atoms with E-state index < -0.39 is 5.41 Å². The highest BCUT2D eigenvalue weighted by atomic mass is 19.1. The maximum Gasteiger partial charge on any atom is 0.225 e. The lowest BCUT2D eigenvalue weighted by Gasteiger charge is -2.34. The van der Waals surface area contributed by atoms with E-state index in [1.54, 1.807) is 13.1 Å². The molecule has 0 aliphatic carbocycles.